The molecule has 0 aromatic heterocycles. The van der Waals surface area contributed by atoms with E-state index >= 15 is 0 Å². The molecule has 0 aliphatic rings. The SMILES string of the molecule is CC=N/C(CC(C)C)=N\NC. The third-order valence-corrected chi connectivity index (χ3v) is 1.11. The highest BCUT2D eigenvalue weighted by Crippen LogP contribution is 2.01. The van der Waals surface area contributed by atoms with Gasteiger partial charge in [0.15, 0.2) is 0 Å². The number of hydrazone groups is 1. The van der Waals surface area contributed by atoms with Crippen molar-refractivity contribution in [2.75, 3.05) is 7.05 Å². The first-order chi connectivity index (χ1) is 5.20. The van der Waals surface area contributed by atoms with Crippen LogP contribution < -0.4 is 5.43 Å². The predicted molar refractivity (Wildman–Crippen MR) is 50.1 cm³/mol. The van der Waals surface area contributed by atoms with Crippen molar-refractivity contribution in [1.29, 1.82) is 0 Å². The Labute approximate surface area is 68.6 Å². The molecule has 11 heavy (non-hydrogen) atoms. The Morgan fingerprint density at radius 3 is 2.55 bits per heavy atom. The van der Waals surface area contributed by atoms with Crippen LogP contribution in [0, 0.1) is 5.92 Å². The van der Waals surface area contributed by atoms with E-state index in [4.69, 9.17) is 0 Å². The van der Waals surface area contributed by atoms with E-state index in [2.05, 4.69) is 29.4 Å². The third-order valence-electron chi connectivity index (χ3n) is 1.11. The number of amidine groups is 1. The van der Waals surface area contributed by atoms with E-state index in [1.54, 1.807) is 13.3 Å². The molecule has 0 spiro atoms. The fourth-order valence-electron chi connectivity index (χ4n) is 0.770. The van der Waals surface area contributed by atoms with Gasteiger partial charge in [0.2, 0.25) is 0 Å². The summed E-state index contributed by atoms with van der Waals surface area (Å²) in [7, 11) is 1.78. The van der Waals surface area contributed by atoms with Crippen LogP contribution in [-0.4, -0.2) is 19.1 Å². The van der Waals surface area contributed by atoms with Gasteiger partial charge in [0.1, 0.15) is 5.84 Å². The van der Waals surface area contributed by atoms with Crippen LogP contribution in [0.4, 0.5) is 0 Å². The molecular formula is C8H17N3. The average Bonchev–Trinajstić information content (AvgIpc) is 1.87. The van der Waals surface area contributed by atoms with Crippen molar-refractivity contribution < 1.29 is 0 Å². The molecule has 64 valence electrons. The van der Waals surface area contributed by atoms with Gasteiger partial charge in [-0.1, -0.05) is 13.8 Å². The molecule has 0 saturated carbocycles. The van der Waals surface area contributed by atoms with Gasteiger partial charge in [-0.05, 0) is 12.8 Å². The van der Waals surface area contributed by atoms with Crippen LogP contribution in [0.25, 0.3) is 0 Å². The molecule has 3 heteroatoms. The highest BCUT2D eigenvalue weighted by Gasteiger charge is 1.99. The normalized spacial score (nSPS) is 13.0. The molecule has 0 heterocycles. The van der Waals surface area contributed by atoms with Gasteiger partial charge in [-0.3, -0.25) is 0 Å². The molecule has 0 rings (SSSR count). The van der Waals surface area contributed by atoms with E-state index in [0.717, 1.165) is 12.3 Å². The van der Waals surface area contributed by atoms with Crippen molar-refractivity contribution in [3.8, 4) is 0 Å². The third kappa shape index (κ3) is 5.58. The van der Waals surface area contributed by atoms with Crippen LogP contribution in [-0.2, 0) is 0 Å². The minimum absolute atomic E-state index is 0.603. The monoisotopic (exact) mass is 155 g/mol. The zero-order valence-corrected chi connectivity index (χ0v) is 7.76. The molecule has 1 N–H and O–H groups in total. The van der Waals surface area contributed by atoms with Crippen LogP contribution in [0.2, 0.25) is 0 Å². The standard InChI is InChI=1S/C8H17N3/c1-5-10-8(11-9-4)6-7(2)3/h5,7,9H,6H2,1-4H3/b10-5?,11-8-. The number of hydrogen-bond acceptors (Lipinski definition) is 2. The molecule has 0 radical (unpaired) electrons. The average molecular weight is 155 g/mol. The second kappa shape index (κ2) is 5.89. The lowest BCUT2D eigenvalue weighted by molar-refractivity contribution is 0.675. The van der Waals surface area contributed by atoms with Crippen LogP contribution in [0.5, 0.6) is 0 Å². The van der Waals surface area contributed by atoms with Gasteiger partial charge in [0.25, 0.3) is 0 Å². The molecule has 0 aromatic carbocycles. The Morgan fingerprint density at radius 1 is 1.55 bits per heavy atom. The van der Waals surface area contributed by atoms with E-state index in [1.807, 2.05) is 6.92 Å². The maximum Gasteiger partial charge on any atom is 0.147 e. The summed E-state index contributed by atoms with van der Waals surface area (Å²) in [4.78, 5) is 4.12. The van der Waals surface area contributed by atoms with Crippen molar-refractivity contribution >= 4 is 12.1 Å². The van der Waals surface area contributed by atoms with Gasteiger partial charge < -0.3 is 5.43 Å². The summed E-state index contributed by atoms with van der Waals surface area (Å²) in [5, 5.41) is 4.02. The van der Waals surface area contributed by atoms with Gasteiger partial charge >= 0.3 is 0 Å². The minimum Gasteiger partial charge on any atom is -0.311 e. The van der Waals surface area contributed by atoms with Gasteiger partial charge in [-0.25, -0.2) is 4.99 Å². The van der Waals surface area contributed by atoms with Gasteiger partial charge in [0, 0.05) is 19.7 Å². The first-order valence-corrected chi connectivity index (χ1v) is 3.92. The predicted octanol–water partition coefficient (Wildman–Crippen LogP) is 1.66. The highest BCUT2D eigenvalue weighted by atomic mass is 15.3. The summed E-state index contributed by atoms with van der Waals surface area (Å²) in [5.74, 6) is 1.47. The van der Waals surface area contributed by atoms with E-state index < -0.39 is 0 Å². The second-order valence-electron chi connectivity index (χ2n) is 2.74. The summed E-state index contributed by atoms with van der Waals surface area (Å²) in [6, 6.07) is 0. The first-order valence-electron chi connectivity index (χ1n) is 3.92. The van der Waals surface area contributed by atoms with E-state index in [-0.39, 0.29) is 0 Å². The van der Waals surface area contributed by atoms with Crippen molar-refractivity contribution in [1.82, 2.24) is 5.43 Å². The van der Waals surface area contributed by atoms with Crippen molar-refractivity contribution in [3.05, 3.63) is 0 Å². The van der Waals surface area contributed by atoms with Gasteiger partial charge in [-0.2, -0.15) is 5.10 Å². The lowest BCUT2D eigenvalue weighted by atomic mass is 10.1. The Hall–Kier alpha value is -0.860. The molecule has 0 amide bonds. The van der Waals surface area contributed by atoms with Crippen molar-refractivity contribution in [2.45, 2.75) is 27.2 Å². The molecular weight excluding hydrogens is 138 g/mol. The molecule has 0 unspecified atom stereocenters. The Balaban J connectivity index is 4.00. The second-order valence-corrected chi connectivity index (χ2v) is 2.74. The fourth-order valence-corrected chi connectivity index (χ4v) is 0.770. The molecule has 0 atom stereocenters. The minimum atomic E-state index is 0.603. The van der Waals surface area contributed by atoms with Crippen molar-refractivity contribution in [3.63, 3.8) is 0 Å². The first kappa shape index (κ1) is 10.1. The van der Waals surface area contributed by atoms with Crippen LogP contribution in [0.15, 0.2) is 10.1 Å². The zero-order valence-electron chi connectivity index (χ0n) is 7.76. The quantitative estimate of drug-likeness (QED) is 0.375. The smallest absolute Gasteiger partial charge is 0.147 e. The molecule has 0 saturated heterocycles. The lowest BCUT2D eigenvalue weighted by Gasteiger charge is -2.02. The Morgan fingerprint density at radius 2 is 2.18 bits per heavy atom. The molecule has 0 aliphatic carbocycles. The summed E-state index contributed by atoms with van der Waals surface area (Å²) < 4.78 is 0. The Kier molecular flexibility index (Phi) is 5.43. The summed E-state index contributed by atoms with van der Waals surface area (Å²) >= 11 is 0. The van der Waals surface area contributed by atoms with E-state index in [1.165, 1.54) is 0 Å². The lowest BCUT2D eigenvalue weighted by Crippen LogP contribution is -2.06. The van der Waals surface area contributed by atoms with Crippen LogP contribution >= 0.6 is 0 Å². The van der Waals surface area contributed by atoms with E-state index in [0.29, 0.717) is 5.92 Å². The number of nitrogens with one attached hydrogen (secondary N) is 1. The number of rotatable bonds is 3. The molecule has 0 aliphatic heterocycles. The fraction of sp³-hybridized carbons (Fsp3) is 0.750. The molecule has 0 aromatic rings. The maximum absolute atomic E-state index is 4.12. The number of nitrogens with zero attached hydrogens (tertiary/aromatic N) is 2. The van der Waals surface area contributed by atoms with Crippen molar-refractivity contribution in [2.24, 2.45) is 16.0 Å². The van der Waals surface area contributed by atoms with Crippen LogP contribution in [0.3, 0.4) is 0 Å². The summed E-state index contributed by atoms with van der Waals surface area (Å²) in [6.07, 6.45) is 2.68. The van der Waals surface area contributed by atoms with Crippen LogP contribution in [0.1, 0.15) is 27.2 Å². The topological polar surface area (TPSA) is 36.8 Å². The molecule has 0 bridgehead atoms. The summed E-state index contributed by atoms with van der Waals surface area (Å²) in [5.41, 5.74) is 2.73. The zero-order chi connectivity index (χ0) is 8.69. The van der Waals surface area contributed by atoms with E-state index in [9.17, 15) is 0 Å². The number of hydrogen-bond donors (Lipinski definition) is 1. The molecule has 0 fully saturated rings. The molecule has 3 nitrogen and oxygen atoms in total. The largest absolute Gasteiger partial charge is 0.311 e. The van der Waals surface area contributed by atoms with Gasteiger partial charge in [-0.15, -0.1) is 0 Å². The Bertz CT molecular complexity index is 147. The van der Waals surface area contributed by atoms with Gasteiger partial charge in [0.05, 0.1) is 0 Å². The summed E-state index contributed by atoms with van der Waals surface area (Å²) in [6.45, 7) is 6.19. The number of aliphatic imine (C=N–C) groups is 1. The highest BCUT2D eigenvalue weighted by molar-refractivity contribution is 5.88. The maximum atomic E-state index is 4.12.